The fourth-order valence-corrected chi connectivity index (χ4v) is 1.66. The Balaban J connectivity index is 4.01. The van der Waals surface area contributed by atoms with Crippen molar-refractivity contribution in [3.05, 3.63) is 0 Å². The van der Waals surface area contributed by atoms with Crippen LogP contribution >= 0.6 is 11.8 Å². The summed E-state index contributed by atoms with van der Waals surface area (Å²) < 4.78 is 4.44. The first-order valence-electron chi connectivity index (χ1n) is 4.90. The van der Waals surface area contributed by atoms with Crippen molar-refractivity contribution in [1.29, 1.82) is 0 Å². The molecule has 17 heavy (non-hydrogen) atoms. The van der Waals surface area contributed by atoms with Gasteiger partial charge in [-0.2, -0.15) is 0 Å². The third-order valence-corrected chi connectivity index (χ3v) is 3.13. The molecule has 0 spiro atoms. The van der Waals surface area contributed by atoms with E-state index in [0.717, 1.165) is 0 Å². The first-order chi connectivity index (χ1) is 7.92. The lowest BCUT2D eigenvalue weighted by Gasteiger charge is -2.13. The van der Waals surface area contributed by atoms with Crippen molar-refractivity contribution in [3.63, 3.8) is 0 Å². The summed E-state index contributed by atoms with van der Waals surface area (Å²) >= 11 is 1.17. The van der Waals surface area contributed by atoms with Gasteiger partial charge in [0.15, 0.2) is 0 Å². The van der Waals surface area contributed by atoms with E-state index >= 15 is 0 Å². The van der Waals surface area contributed by atoms with Crippen LogP contribution in [0, 0.1) is 0 Å². The number of urea groups is 1. The van der Waals surface area contributed by atoms with Crippen molar-refractivity contribution in [3.8, 4) is 0 Å². The predicted molar refractivity (Wildman–Crippen MR) is 64.5 cm³/mol. The van der Waals surface area contributed by atoms with Gasteiger partial charge in [0.05, 0.1) is 12.4 Å². The third-order valence-electron chi connectivity index (χ3n) is 1.86. The number of imide groups is 1. The highest BCUT2D eigenvalue weighted by Gasteiger charge is 2.20. The molecule has 0 aliphatic rings. The molecule has 3 amide bonds. The smallest absolute Gasteiger partial charge is 0.323 e. The molecule has 0 aromatic carbocycles. The third kappa shape index (κ3) is 6.12. The van der Waals surface area contributed by atoms with E-state index in [0.29, 0.717) is 0 Å². The summed E-state index contributed by atoms with van der Waals surface area (Å²) in [7, 11) is 2.65. The molecule has 98 valence electrons. The van der Waals surface area contributed by atoms with Crippen molar-refractivity contribution in [2.24, 2.45) is 5.73 Å². The summed E-state index contributed by atoms with van der Waals surface area (Å²) in [5.41, 5.74) is 5.50. The minimum Gasteiger partial charge on any atom is -0.468 e. The molecule has 7 nitrogen and oxygen atoms in total. The summed E-state index contributed by atoms with van der Waals surface area (Å²) in [5.74, 6) is -0.725. The molecular formula is C9H17N3O4S. The lowest BCUT2D eigenvalue weighted by Crippen LogP contribution is -2.42. The van der Waals surface area contributed by atoms with Crippen LogP contribution in [0.1, 0.15) is 6.92 Å². The molecule has 0 aromatic rings. The summed E-state index contributed by atoms with van der Waals surface area (Å²) in [4.78, 5) is 33.3. The van der Waals surface area contributed by atoms with Gasteiger partial charge in [0.25, 0.3) is 0 Å². The van der Waals surface area contributed by atoms with E-state index in [2.05, 4.69) is 15.4 Å². The van der Waals surface area contributed by atoms with E-state index in [1.807, 2.05) is 0 Å². The Hall–Kier alpha value is -1.28. The molecule has 0 rings (SSSR count). The van der Waals surface area contributed by atoms with Crippen LogP contribution in [0.4, 0.5) is 4.79 Å². The Morgan fingerprint density at radius 2 is 2.00 bits per heavy atom. The van der Waals surface area contributed by atoms with Crippen molar-refractivity contribution < 1.29 is 19.1 Å². The fourth-order valence-electron chi connectivity index (χ4n) is 0.819. The van der Waals surface area contributed by atoms with Crippen LogP contribution in [0.25, 0.3) is 0 Å². The highest BCUT2D eigenvalue weighted by atomic mass is 32.2. The van der Waals surface area contributed by atoms with E-state index in [9.17, 15) is 14.4 Å². The number of esters is 1. The van der Waals surface area contributed by atoms with Crippen molar-refractivity contribution in [1.82, 2.24) is 10.6 Å². The zero-order chi connectivity index (χ0) is 13.4. The average Bonchev–Trinajstić information content (AvgIpc) is 2.33. The molecule has 0 aromatic heterocycles. The molecule has 0 aliphatic heterocycles. The zero-order valence-corrected chi connectivity index (χ0v) is 10.8. The molecular weight excluding hydrogens is 246 g/mol. The second kappa shape index (κ2) is 7.91. The molecule has 0 saturated carbocycles. The number of carbonyl (C=O) groups is 3. The number of amides is 3. The first kappa shape index (κ1) is 15.7. The van der Waals surface area contributed by atoms with Crippen molar-refractivity contribution >= 4 is 29.7 Å². The van der Waals surface area contributed by atoms with Gasteiger partial charge in [0.2, 0.25) is 5.91 Å². The number of hydrogen-bond donors (Lipinski definition) is 3. The Labute approximate surface area is 104 Å². The summed E-state index contributed by atoms with van der Waals surface area (Å²) in [5, 5.41) is 3.91. The maximum absolute atomic E-state index is 11.4. The monoisotopic (exact) mass is 263 g/mol. The molecule has 4 N–H and O–H groups in total. The first-order valence-corrected chi connectivity index (χ1v) is 5.94. The number of rotatable bonds is 5. The second-order valence-electron chi connectivity index (χ2n) is 3.17. The van der Waals surface area contributed by atoms with Gasteiger partial charge in [-0.15, -0.1) is 11.8 Å². The lowest BCUT2D eigenvalue weighted by atomic mass is 10.4. The highest BCUT2D eigenvalue weighted by molar-refractivity contribution is 8.00. The van der Waals surface area contributed by atoms with Crippen LogP contribution in [-0.2, 0) is 14.3 Å². The predicted octanol–water partition coefficient (Wildman–Crippen LogP) is -0.936. The number of nitrogens with one attached hydrogen (secondary N) is 2. The van der Waals surface area contributed by atoms with Crippen LogP contribution in [0.15, 0.2) is 0 Å². The fraction of sp³-hybridized carbons (Fsp3) is 0.667. The van der Waals surface area contributed by atoms with Gasteiger partial charge in [0.1, 0.15) is 6.04 Å². The number of ether oxygens (including phenoxy) is 1. The maximum Gasteiger partial charge on any atom is 0.323 e. The van der Waals surface area contributed by atoms with E-state index in [1.165, 1.54) is 25.9 Å². The molecule has 2 atom stereocenters. The average molecular weight is 263 g/mol. The quantitative estimate of drug-likeness (QED) is 0.552. The normalized spacial score (nSPS) is 13.4. The standard InChI is InChI=1S/C9H17N3O4S/c1-5(7(13)12-9(15)11-2)17-4-6(10)8(14)16-3/h5-6H,4,10H2,1-3H3,(H2,11,12,13,15). The van der Waals surface area contributed by atoms with E-state index in [-0.39, 0.29) is 5.75 Å². The summed E-state index contributed by atoms with van der Waals surface area (Å²) in [6.07, 6.45) is 0. The molecule has 0 radical (unpaired) electrons. The zero-order valence-electron chi connectivity index (χ0n) is 9.98. The van der Waals surface area contributed by atoms with E-state index in [4.69, 9.17) is 5.73 Å². The minimum absolute atomic E-state index is 0.245. The molecule has 0 bridgehead atoms. The van der Waals surface area contributed by atoms with Gasteiger partial charge < -0.3 is 15.8 Å². The number of nitrogens with two attached hydrogens (primary N) is 1. The molecule has 0 heterocycles. The minimum atomic E-state index is -0.778. The van der Waals surface area contributed by atoms with E-state index < -0.39 is 29.2 Å². The molecule has 0 aliphatic carbocycles. The second-order valence-corrected chi connectivity index (χ2v) is 4.55. The Morgan fingerprint density at radius 3 is 2.47 bits per heavy atom. The number of hydrogen-bond acceptors (Lipinski definition) is 6. The highest BCUT2D eigenvalue weighted by Crippen LogP contribution is 2.11. The Bertz CT molecular complexity index is 298. The SMILES string of the molecule is CNC(=O)NC(=O)C(C)SCC(N)C(=O)OC. The maximum atomic E-state index is 11.4. The number of carbonyl (C=O) groups excluding carboxylic acids is 3. The molecule has 0 saturated heterocycles. The Morgan fingerprint density at radius 1 is 1.41 bits per heavy atom. The Kier molecular flexibility index (Phi) is 7.31. The largest absolute Gasteiger partial charge is 0.468 e. The molecule has 2 unspecified atom stereocenters. The number of methoxy groups -OCH3 is 1. The molecule has 0 fully saturated rings. The van der Waals surface area contributed by atoms with Gasteiger partial charge in [-0.3, -0.25) is 14.9 Å². The van der Waals surface area contributed by atoms with Crippen molar-refractivity contribution in [2.45, 2.75) is 18.2 Å². The van der Waals surface area contributed by atoms with Gasteiger partial charge in [-0.05, 0) is 6.92 Å². The van der Waals surface area contributed by atoms with Gasteiger partial charge in [-0.1, -0.05) is 0 Å². The van der Waals surface area contributed by atoms with Crippen LogP contribution in [0.5, 0.6) is 0 Å². The van der Waals surface area contributed by atoms with Crippen LogP contribution in [0.3, 0.4) is 0 Å². The van der Waals surface area contributed by atoms with E-state index in [1.54, 1.807) is 6.92 Å². The van der Waals surface area contributed by atoms with Crippen LogP contribution in [-0.4, -0.2) is 49.1 Å². The number of thioether (sulfide) groups is 1. The van der Waals surface area contributed by atoms with Crippen molar-refractivity contribution in [2.75, 3.05) is 19.9 Å². The van der Waals surface area contributed by atoms with Gasteiger partial charge >= 0.3 is 12.0 Å². The lowest BCUT2D eigenvalue weighted by molar-refractivity contribution is -0.141. The van der Waals surface area contributed by atoms with Gasteiger partial charge in [0, 0.05) is 12.8 Å². The molecule has 8 heteroatoms. The summed E-state index contributed by atoms with van der Waals surface area (Å²) in [6.45, 7) is 1.62. The topological polar surface area (TPSA) is 111 Å². The summed E-state index contributed by atoms with van der Waals surface area (Å²) in [6, 6.07) is -1.35. The van der Waals surface area contributed by atoms with Gasteiger partial charge in [-0.25, -0.2) is 4.79 Å². The van der Waals surface area contributed by atoms with Crippen LogP contribution in [0.2, 0.25) is 0 Å². The van der Waals surface area contributed by atoms with Crippen LogP contribution < -0.4 is 16.4 Å².